The Balaban J connectivity index is 1.22. The highest BCUT2D eigenvalue weighted by molar-refractivity contribution is 6.30. The van der Waals surface area contributed by atoms with E-state index in [9.17, 15) is 14.0 Å². The molecule has 2 amide bonds. The van der Waals surface area contributed by atoms with Gasteiger partial charge in [0.2, 0.25) is 5.91 Å². The van der Waals surface area contributed by atoms with Crippen LogP contribution in [0.2, 0.25) is 5.02 Å². The summed E-state index contributed by atoms with van der Waals surface area (Å²) in [6.07, 6.45) is 2.41. The monoisotopic (exact) mass is 570 g/mol. The Labute approximate surface area is 242 Å². The molecule has 2 saturated heterocycles. The summed E-state index contributed by atoms with van der Waals surface area (Å²) in [4.78, 5) is 27.7. The van der Waals surface area contributed by atoms with Crippen LogP contribution in [0.5, 0.6) is 0 Å². The van der Waals surface area contributed by atoms with Crippen molar-refractivity contribution in [3.8, 4) is 11.8 Å². The number of primary amides is 1. The maximum Gasteiger partial charge on any atom is 0.323 e. The first-order valence-corrected chi connectivity index (χ1v) is 13.8. The molecular weight excluding hydrogens is 543 g/mol. The van der Waals surface area contributed by atoms with Gasteiger partial charge in [0.05, 0.1) is 22.9 Å². The third kappa shape index (κ3) is 5.37. The molecule has 2 aliphatic rings. The van der Waals surface area contributed by atoms with Gasteiger partial charge in [0.15, 0.2) is 0 Å². The summed E-state index contributed by atoms with van der Waals surface area (Å²) in [5.74, 6) is 5.62. The topological polar surface area (TPSA) is 86.8 Å². The average molecular weight is 571 g/mol. The molecule has 0 spiro atoms. The van der Waals surface area contributed by atoms with E-state index in [-0.39, 0.29) is 17.5 Å². The second-order valence-corrected chi connectivity index (χ2v) is 10.5. The number of hydrazine groups is 1. The number of hydrogen-bond donors (Lipinski definition) is 2. The Morgan fingerprint density at radius 1 is 1.00 bits per heavy atom. The third-order valence-electron chi connectivity index (χ3n) is 7.60. The first-order chi connectivity index (χ1) is 19.9. The molecule has 8 nitrogen and oxygen atoms in total. The quantitative estimate of drug-likeness (QED) is 0.360. The van der Waals surface area contributed by atoms with Gasteiger partial charge in [0, 0.05) is 54.5 Å². The number of hydrogen-bond acceptors (Lipinski definition) is 5. The highest BCUT2D eigenvalue weighted by atomic mass is 35.5. The minimum atomic E-state index is -0.584. The number of nitrogens with zero attached hydrogens (tertiary/aromatic N) is 4. The molecule has 1 aromatic heterocycles. The van der Waals surface area contributed by atoms with Crippen LogP contribution in [0.4, 0.5) is 14.9 Å². The highest BCUT2D eigenvalue weighted by Crippen LogP contribution is 2.33. The Bertz CT molecular complexity index is 1700. The fourth-order valence-electron chi connectivity index (χ4n) is 5.49. The van der Waals surface area contributed by atoms with Gasteiger partial charge in [0.25, 0.3) is 0 Å². The minimum Gasteiger partial charge on any atom is -0.354 e. The molecule has 2 aliphatic heterocycles. The van der Waals surface area contributed by atoms with Crippen molar-refractivity contribution in [1.29, 1.82) is 0 Å². The SMILES string of the molecule is NC(=O)n1cc(N2CCN3CC[C@@H](C(=O)NCc4cccc(Cl)c4F)N3C2)c2ccc(C#Cc3ccccc3)cc21. The van der Waals surface area contributed by atoms with Crippen molar-refractivity contribution >= 4 is 40.1 Å². The zero-order valence-corrected chi connectivity index (χ0v) is 22.9. The lowest BCUT2D eigenvalue weighted by Crippen LogP contribution is -2.58. The Morgan fingerprint density at radius 2 is 1.80 bits per heavy atom. The Hall–Kier alpha value is -4.36. The number of aromatic nitrogens is 1. The number of amides is 2. The van der Waals surface area contributed by atoms with Gasteiger partial charge in [0.1, 0.15) is 11.9 Å². The van der Waals surface area contributed by atoms with E-state index in [1.807, 2.05) is 53.5 Å². The van der Waals surface area contributed by atoms with Crippen LogP contribution >= 0.6 is 11.6 Å². The predicted octanol–water partition coefficient (Wildman–Crippen LogP) is 4.15. The van der Waals surface area contributed by atoms with Crippen molar-refractivity contribution in [2.45, 2.75) is 19.0 Å². The molecule has 41 heavy (non-hydrogen) atoms. The minimum absolute atomic E-state index is 0.0287. The molecule has 208 valence electrons. The molecule has 3 aromatic carbocycles. The van der Waals surface area contributed by atoms with Gasteiger partial charge < -0.3 is 16.0 Å². The van der Waals surface area contributed by atoms with E-state index in [4.69, 9.17) is 17.3 Å². The summed E-state index contributed by atoms with van der Waals surface area (Å²) in [6.45, 7) is 2.70. The third-order valence-corrected chi connectivity index (χ3v) is 7.89. The lowest BCUT2D eigenvalue weighted by Gasteiger charge is -2.42. The first kappa shape index (κ1) is 26.8. The van der Waals surface area contributed by atoms with Crippen LogP contribution in [0.15, 0.2) is 72.9 Å². The van der Waals surface area contributed by atoms with Gasteiger partial charge in [-0.25, -0.2) is 19.2 Å². The van der Waals surface area contributed by atoms with E-state index in [1.54, 1.807) is 18.3 Å². The molecule has 0 unspecified atom stereocenters. The zero-order valence-electron chi connectivity index (χ0n) is 22.2. The van der Waals surface area contributed by atoms with Crippen LogP contribution in [0.25, 0.3) is 10.9 Å². The number of rotatable bonds is 4. The van der Waals surface area contributed by atoms with E-state index in [0.29, 0.717) is 30.7 Å². The van der Waals surface area contributed by atoms with Crippen LogP contribution in [-0.2, 0) is 11.3 Å². The number of fused-ring (bicyclic) bond motifs is 2. The second-order valence-electron chi connectivity index (χ2n) is 10.1. The molecule has 3 N–H and O–H groups in total. The van der Waals surface area contributed by atoms with Gasteiger partial charge in [-0.05, 0) is 42.8 Å². The smallest absolute Gasteiger partial charge is 0.323 e. The van der Waals surface area contributed by atoms with Crippen molar-refractivity contribution in [2.24, 2.45) is 5.73 Å². The standard InChI is InChI=1S/C31H28ClFN6O2/c32-25-8-4-7-23(29(25)33)18-35-30(40)26-13-14-37-16-15-36(20-39(26)37)28-19-38(31(34)41)27-17-22(11-12-24(27)28)10-9-21-5-2-1-3-6-21/h1-8,11-12,17,19,26H,13-16,18,20H2,(H2,34,41)(H,35,40)/t26-/m0/s1. The van der Waals surface area contributed by atoms with Crippen molar-refractivity contribution < 1.29 is 14.0 Å². The number of carbonyl (C=O) groups is 2. The summed E-state index contributed by atoms with van der Waals surface area (Å²) in [5.41, 5.74) is 9.29. The summed E-state index contributed by atoms with van der Waals surface area (Å²) in [7, 11) is 0. The van der Waals surface area contributed by atoms with Gasteiger partial charge in [-0.1, -0.05) is 53.8 Å². The van der Waals surface area contributed by atoms with Crippen molar-refractivity contribution in [2.75, 3.05) is 31.2 Å². The van der Waals surface area contributed by atoms with Crippen LogP contribution < -0.4 is 16.0 Å². The maximum atomic E-state index is 14.3. The van der Waals surface area contributed by atoms with Crippen LogP contribution in [0.1, 0.15) is 23.1 Å². The van der Waals surface area contributed by atoms with Crippen LogP contribution in [0, 0.1) is 17.7 Å². The number of carbonyl (C=O) groups excluding carboxylic acids is 2. The molecular formula is C31H28ClFN6O2. The van der Waals surface area contributed by atoms with Gasteiger partial charge >= 0.3 is 6.03 Å². The molecule has 6 rings (SSSR count). The van der Waals surface area contributed by atoms with E-state index >= 15 is 0 Å². The van der Waals surface area contributed by atoms with Gasteiger partial charge in [-0.2, -0.15) is 0 Å². The largest absolute Gasteiger partial charge is 0.354 e. The van der Waals surface area contributed by atoms with Crippen LogP contribution in [-0.4, -0.2) is 58.9 Å². The molecule has 10 heteroatoms. The van der Waals surface area contributed by atoms with Gasteiger partial charge in [-0.15, -0.1) is 0 Å². The Kier molecular flexibility index (Phi) is 7.37. The summed E-state index contributed by atoms with van der Waals surface area (Å²) >= 11 is 5.89. The predicted molar refractivity (Wildman–Crippen MR) is 157 cm³/mol. The Morgan fingerprint density at radius 3 is 2.61 bits per heavy atom. The van der Waals surface area contributed by atoms with E-state index in [1.165, 1.54) is 10.6 Å². The van der Waals surface area contributed by atoms with E-state index < -0.39 is 17.9 Å². The van der Waals surface area contributed by atoms with Gasteiger partial charge in [-0.3, -0.25) is 9.36 Å². The summed E-state index contributed by atoms with van der Waals surface area (Å²) in [5, 5.41) is 7.99. The first-order valence-electron chi connectivity index (χ1n) is 13.4. The fraction of sp³-hybridized carbons (Fsp3) is 0.226. The van der Waals surface area contributed by atoms with E-state index in [2.05, 4.69) is 27.1 Å². The average Bonchev–Trinajstić information content (AvgIpc) is 3.58. The zero-order chi connectivity index (χ0) is 28.5. The van der Waals surface area contributed by atoms with Crippen LogP contribution in [0.3, 0.4) is 0 Å². The number of anilines is 1. The van der Waals surface area contributed by atoms with Crippen molar-refractivity contribution in [3.05, 3.63) is 100 Å². The second kappa shape index (κ2) is 11.3. The summed E-state index contributed by atoms with van der Waals surface area (Å²) in [6, 6.07) is 19.2. The molecule has 4 aromatic rings. The molecule has 0 radical (unpaired) electrons. The van der Waals surface area contributed by atoms with Crippen molar-refractivity contribution in [1.82, 2.24) is 19.9 Å². The molecule has 1 atom stereocenters. The highest BCUT2D eigenvalue weighted by Gasteiger charge is 2.40. The molecule has 3 heterocycles. The number of nitrogens with two attached hydrogens (primary N) is 1. The molecule has 0 aliphatic carbocycles. The molecule has 2 fully saturated rings. The number of benzene rings is 3. The fourth-order valence-corrected chi connectivity index (χ4v) is 5.69. The number of halogens is 2. The van der Waals surface area contributed by atoms with E-state index in [0.717, 1.165) is 35.3 Å². The number of nitrogens with one attached hydrogen (secondary N) is 1. The van der Waals surface area contributed by atoms with Crippen molar-refractivity contribution in [3.63, 3.8) is 0 Å². The lowest BCUT2D eigenvalue weighted by atomic mass is 10.1. The lowest BCUT2D eigenvalue weighted by molar-refractivity contribution is -0.131. The molecule has 0 bridgehead atoms. The molecule has 0 saturated carbocycles. The maximum absolute atomic E-state index is 14.3. The normalized spacial score (nSPS) is 17.2. The summed E-state index contributed by atoms with van der Waals surface area (Å²) < 4.78 is 15.8.